The number of sulfonamides is 1. The van der Waals surface area contributed by atoms with Gasteiger partial charge in [0.05, 0.1) is 5.69 Å². The van der Waals surface area contributed by atoms with Gasteiger partial charge in [-0.05, 0) is 75.4 Å². The van der Waals surface area contributed by atoms with E-state index in [9.17, 15) is 13.2 Å². The number of fused-ring (bicyclic) bond motifs is 1. The summed E-state index contributed by atoms with van der Waals surface area (Å²) in [5.74, 6) is -0.0762. The number of thiophene rings is 2. The summed E-state index contributed by atoms with van der Waals surface area (Å²) in [6.45, 7) is 3.04. The highest BCUT2D eigenvalue weighted by Crippen LogP contribution is 2.31. The van der Waals surface area contributed by atoms with E-state index in [2.05, 4.69) is 32.1 Å². The summed E-state index contributed by atoms with van der Waals surface area (Å²) in [6, 6.07) is 8.90. The van der Waals surface area contributed by atoms with Gasteiger partial charge in [-0.25, -0.2) is 8.42 Å². The van der Waals surface area contributed by atoms with E-state index >= 15 is 0 Å². The molecule has 0 bridgehead atoms. The Morgan fingerprint density at radius 2 is 1.96 bits per heavy atom. The smallest absolute Gasteiger partial charge is 0.272 e. The molecule has 2 aromatic heterocycles. The number of halogens is 1. The SMILES string of the molecule is Cc1c(NS(=O)(=O)c2sccc2Br)cccc1C(=O)N1CCc2sccc2C1. The molecule has 1 aliphatic rings. The molecule has 28 heavy (non-hydrogen) atoms. The Labute approximate surface area is 180 Å². The summed E-state index contributed by atoms with van der Waals surface area (Å²) in [6.07, 6.45) is 0.858. The van der Waals surface area contributed by atoms with E-state index in [1.165, 1.54) is 10.4 Å². The number of nitrogens with one attached hydrogen (secondary N) is 1. The van der Waals surface area contributed by atoms with E-state index in [4.69, 9.17) is 0 Å². The summed E-state index contributed by atoms with van der Waals surface area (Å²) in [5, 5.41) is 3.77. The van der Waals surface area contributed by atoms with Crippen molar-refractivity contribution in [2.45, 2.75) is 24.1 Å². The number of carbonyl (C=O) groups excluding carboxylic acids is 1. The van der Waals surface area contributed by atoms with Crippen molar-refractivity contribution in [3.05, 3.63) is 67.1 Å². The first-order valence-electron chi connectivity index (χ1n) is 8.57. The number of amides is 1. The maximum absolute atomic E-state index is 13.1. The molecule has 0 saturated carbocycles. The molecule has 146 valence electrons. The third-order valence-corrected chi connectivity index (χ3v) is 9.79. The van der Waals surface area contributed by atoms with Crippen LogP contribution in [0, 0.1) is 6.92 Å². The maximum Gasteiger partial charge on any atom is 0.272 e. The van der Waals surface area contributed by atoms with Crippen molar-refractivity contribution in [1.82, 2.24) is 4.90 Å². The number of anilines is 1. The third-order valence-electron chi connectivity index (χ3n) is 4.73. The molecule has 9 heteroatoms. The largest absolute Gasteiger partial charge is 0.334 e. The minimum Gasteiger partial charge on any atom is -0.334 e. The van der Waals surface area contributed by atoms with E-state index in [0.717, 1.165) is 17.8 Å². The highest BCUT2D eigenvalue weighted by atomic mass is 79.9. The summed E-state index contributed by atoms with van der Waals surface area (Å²) >= 11 is 6.13. The molecule has 1 aromatic carbocycles. The van der Waals surface area contributed by atoms with E-state index in [1.807, 2.05) is 4.90 Å². The monoisotopic (exact) mass is 496 g/mol. The number of hydrogen-bond acceptors (Lipinski definition) is 5. The Balaban J connectivity index is 1.61. The number of carbonyl (C=O) groups is 1. The standard InChI is InChI=1S/C19H17BrN2O3S3/c1-12-14(18(23)22-8-5-17-13(11-22)6-9-26-17)3-2-4-16(12)21-28(24,25)19-15(20)7-10-27-19/h2-4,6-7,9-10,21H,5,8,11H2,1H3. The van der Waals surface area contributed by atoms with Gasteiger partial charge in [-0.2, -0.15) is 0 Å². The van der Waals surface area contributed by atoms with Crippen LogP contribution in [0.15, 0.2) is 49.8 Å². The Hall–Kier alpha value is -1.68. The molecule has 3 aromatic rings. The Kier molecular flexibility index (Phi) is 5.34. The zero-order chi connectivity index (χ0) is 19.9. The second kappa shape index (κ2) is 7.62. The van der Waals surface area contributed by atoms with Crippen molar-refractivity contribution in [2.24, 2.45) is 0 Å². The van der Waals surface area contributed by atoms with Gasteiger partial charge in [0.2, 0.25) is 0 Å². The molecule has 5 nitrogen and oxygen atoms in total. The average molecular weight is 497 g/mol. The van der Waals surface area contributed by atoms with Gasteiger partial charge in [0, 0.05) is 28.0 Å². The minimum absolute atomic E-state index is 0.0762. The number of nitrogens with zero attached hydrogens (tertiary/aromatic N) is 1. The van der Waals surface area contributed by atoms with Crippen molar-refractivity contribution in [3.63, 3.8) is 0 Å². The van der Waals surface area contributed by atoms with Crippen LogP contribution in [0.5, 0.6) is 0 Å². The fourth-order valence-electron chi connectivity index (χ4n) is 3.23. The zero-order valence-electron chi connectivity index (χ0n) is 14.9. The topological polar surface area (TPSA) is 66.5 Å². The molecular weight excluding hydrogens is 480 g/mol. The predicted octanol–water partition coefficient (Wildman–Crippen LogP) is 4.88. The molecule has 0 aliphatic carbocycles. The summed E-state index contributed by atoms with van der Waals surface area (Å²) in [4.78, 5) is 16.3. The number of rotatable bonds is 4. The maximum atomic E-state index is 13.1. The van der Waals surface area contributed by atoms with Crippen LogP contribution in [-0.4, -0.2) is 25.8 Å². The molecule has 3 heterocycles. The lowest BCUT2D eigenvalue weighted by molar-refractivity contribution is 0.0735. The van der Waals surface area contributed by atoms with Gasteiger partial charge in [0.25, 0.3) is 15.9 Å². The van der Waals surface area contributed by atoms with Crippen LogP contribution < -0.4 is 4.72 Å². The Morgan fingerprint density at radius 1 is 1.18 bits per heavy atom. The first kappa shape index (κ1) is 19.6. The molecule has 4 rings (SSSR count). The van der Waals surface area contributed by atoms with Gasteiger partial charge in [-0.15, -0.1) is 22.7 Å². The van der Waals surface area contributed by atoms with E-state index in [-0.39, 0.29) is 10.1 Å². The van der Waals surface area contributed by atoms with Crippen molar-refractivity contribution >= 4 is 60.2 Å². The fourth-order valence-corrected chi connectivity index (χ4v) is 7.58. The van der Waals surface area contributed by atoms with Gasteiger partial charge in [0.1, 0.15) is 0 Å². The summed E-state index contributed by atoms with van der Waals surface area (Å²) < 4.78 is 28.8. The van der Waals surface area contributed by atoms with Gasteiger partial charge >= 0.3 is 0 Å². The molecule has 0 radical (unpaired) electrons. The lowest BCUT2D eigenvalue weighted by Crippen LogP contribution is -2.35. The highest BCUT2D eigenvalue weighted by molar-refractivity contribution is 9.10. The molecule has 0 spiro atoms. The second-order valence-electron chi connectivity index (χ2n) is 6.49. The van der Waals surface area contributed by atoms with Gasteiger partial charge in [-0.3, -0.25) is 9.52 Å². The third kappa shape index (κ3) is 3.63. The first-order valence-corrected chi connectivity index (χ1v) is 12.6. The molecule has 1 N–H and O–H groups in total. The molecule has 1 amide bonds. The van der Waals surface area contributed by atoms with Crippen LogP contribution in [0.2, 0.25) is 0 Å². The molecular formula is C19H17BrN2O3S3. The number of hydrogen-bond donors (Lipinski definition) is 1. The van der Waals surface area contributed by atoms with Gasteiger partial charge in [0.15, 0.2) is 4.21 Å². The molecule has 0 unspecified atom stereocenters. The van der Waals surface area contributed by atoms with Crippen LogP contribution in [0.25, 0.3) is 0 Å². The second-order valence-corrected chi connectivity index (χ2v) is 11.1. The summed E-state index contributed by atoms with van der Waals surface area (Å²) in [5.41, 5.74) is 2.75. The Bertz CT molecular complexity index is 1150. The van der Waals surface area contributed by atoms with E-state index < -0.39 is 10.0 Å². The lowest BCUT2D eigenvalue weighted by atomic mass is 10.0. The predicted molar refractivity (Wildman–Crippen MR) is 117 cm³/mol. The van der Waals surface area contributed by atoms with Crippen LogP contribution in [0.1, 0.15) is 26.4 Å². The zero-order valence-corrected chi connectivity index (χ0v) is 19.0. The van der Waals surface area contributed by atoms with Crippen molar-refractivity contribution < 1.29 is 13.2 Å². The molecule has 1 aliphatic heterocycles. The van der Waals surface area contributed by atoms with E-state index in [0.29, 0.717) is 34.4 Å². The average Bonchev–Trinajstić information content (AvgIpc) is 3.31. The van der Waals surface area contributed by atoms with Crippen LogP contribution in [-0.2, 0) is 23.0 Å². The first-order chi connectivity index (χ1) is 13.4. The van der Waals surface area contributed by atoms with Crippen molar-refractivity contribution in [2.75, 3.05) is 11.3 Å². The minimum atomic E-state index is -3.72. The molecule has 0 fully saturated rings. The quantitative estimate of drug-likeness (QED) is 0.559. The summed E-state index contributed by atoms with van der Waals surface area (Å²) in [7, 11) is -3.72. The highest BCUT2D eigenvalue weighted by Gasteiger charge is 2.25. The lowest BCUT2D eigenvalue weighted by Gasteiger charge is -2.28. The number of benzene rings is 1. The van der Waals surface area contributed by atoms with E-state index in [1.54, 1.807) is 47.9 Å². The Morgan fingerprint density at radius 3 is 2.71 bits per heavy atom. The normalized spacial score (nSPS) is 14.0. The molecule has 0 saturated heterocycles. The van der Waals surface area contributed by atoms with Crippen molar-refractivity contribution in [1.29, 1.82) is 0 Å². The van der Waals surface area contributed by atoms with Gasteiger partial charge < -0.3 is 4.90 Å². The fraction of sp³-hybridized carbons (Fsp3) is 0.211. The van der Waals surface area contributed by atoms with Crippen LogP contribution in [0.3, 0.4) is 0 Å². The molecule has 0 atom stereocenters. The van der Waals surface area contributed by atoms with Crippen molar-refractivity contribution in [3.8, 4) is 0 Å². The van der Waals surface area contributed by atoms with Crippen LogP contribution >= 0.6 is 38.6 Å². The van der Waals surface area contributed by atoms with Gasteiger partial charge in [-0.1, -0.05) is 6.07 Å². The van der Waals surface area contributed by atoms with Crippen LogP contribution in [0.4, 0.5) is 5.69 Å².